The van der Waals surface area contributed by atoms with E-state index in [0.29, 0.717) is 0 Å². The zero-order valence-corrected chi connectivity index (χ0v) is 8.32. The molecule has 0 aliphatic carbocycles. The number of halogens is 1. The summed E-state index contributed by atoms with van der Waals surface area (Å²) in [5.41, 5.74) is 0.193. The Morgan fingerprint density at radius 2 is 2.13 bits per heavy atom. The van der Waals surface area contributed by atoms with Gasteiger partial charge in [0.05, 0.1) is 13.0 Å². The van der Waals surface area contributed by atoms with Crippen LogP contribution in [0.4, 0.5) is 4.39 Å². The number of carboxylic acid groups (broad SMARTS) is 1. The molecule has 15 heavy (non-hydrogen) atoms. The van der Waals surface area contributed by atoms with Crippen LogP contribution in [0.3, 0.4) is 0 Å². The standard InChI is InChI=1S/C10H11FO4/c1-5(10(13)14)6-3-7(11)9(15-2)8(12)4-6/h3-5,12H,1-2H3,(H,13,14). The molecule has 1 atom stereocenters. The molecule has 2 N–H and O–H groups in total. The van der Waals surface area contributed by atoms with E-state index in [0.717, 1.165) is 6.07 Å². The van der Waals surface area contributed by atoms with Crippen molar-refractivity contribution >= 4 is 5.97 Å². The lowest BCUT2D eigenvalue weighted by Crippen LogP contribution is -2.07. The van der Waals surface area contributed by atoms with Gasteiger partial charge in [0.2, 0.25) is 0 Å². The Bertz CT molecular complexity index is 366. The zero-order chi connectivity index (χ0) is 11.6. The minimum Gasteiger partial charge on any atom is -0.504 e. The summed E-state index contributed by atoms with van der Waals surface area (Å²) >= 11 is 0. The molecule has 1 unspecified atom stereocenters. The van der Waals surface area contributed by atoms with E-state index >= 15 is 0 Å². The second kappa shape index (κ2) is 4.16. The number of carbonyl (C=O) groups is 1. The van der Waals surface area contributed by atoms with Crippen molar-refractivity contribution in [3.05, 3.63) is 23.5 Å². The van der Waals surface area contributed by atoms with Gasteiger partial charge in [0.15, 0.2) is 17.3 Å². The molecule has 0 aliphatic rings. The molecule has 1 rings (SSSR count). The molecule has 0 heterocycles. The largest absolute Gasteiger partial charge is 0.504 e. The molecule has 0 aromatic heterocycles. The van der Waals surface area contributed by atoms with Gasteiger partial charge in [0.25, 0.3) is 0 Å². The number of benzene rings is 1. The predicted octanol–water partition coefficient (Wildman–Crippen LogP) is 1.73. The van der Waals surface area contributed by atoms with Crippen molar-refractivity contribution in [3.63, 3.8) is 0 Å². The highest BCUT2D eigenvalue weighted by Gasteiger charge is 2.18. The molecule has 5 heteroatoms. The normalized spacial score (nSPS) is 12.2. The maximum atomic E-state index is 13.3. The van der Waals surface area contributed by atoms with Crippen molar-refractivity contribution in [1.29, 1.82) is 0 Å². The number of hydrogen-bond acceptors (Lipinski definition) is 3. The summed E-state index contributed by atoms with van der Waals surface area (Å²) in [4.78, 5) is 10.6. The smallest absolute Gasteiger partial charge is 0.310 e. The Kier molecular flexibility index (Phi) is 3.14. The highest BCUT2D eigenvalue weighted by molar-refractivity contribution is 5.75. The third-order valence-electron chi connectivity index (χ3n) is 2.12. The second-order valence-electron chi connectivity index (χ2n) is 3.12. The molecule has 0 radical (unpaired) electrons. The van der Waals surface area contributed by atoms with E-state index in [4.69, 9.17) is 5.11 Å². The molecule has 4 nitrogen and oxygen atoms in total. The van der Waals surface area contributed by atoms with Gasteiger partial charge < -0.3 is 14.9 Å². The zero-order valence-electron chi connectivity index (χ0n) is 8.32. The van der Waals surface area contributed by atoms with Gasteiger partial charge in [0.1, 0.15) is 0 Å². The maximum absolute atomic E-state index is 13.3. The number of carboxylic acids is 1. The highest BCUT2D eigenvalue weighted by atomic mass is 19.1. The molecule has 0 amide bonds. The van der Waals surface area contributed by atoms with Gasteiger partial charge in [-0.3, -0.25) is 4.79 Å². The quantitative estimate of drug-likeness (QED) is 0.804. The van der Waals surface area contributed by atoms with E-state index in [1.807, 2.05) is 0 Å². The van der Waals surface area contributed by atoms with Crippen molar-refractivity contribution in [1.82, 2.24) is 0 Å². The molecule has 0 spiro atoms. The Labute approximate surface area is 85.9 Å². The molecule has 0 saturated heterocycles. The molecule has 1 aromatic carbocycles. The lowest BCUT2D eigenvalue weighted by molar-refractivity contribution is -0.138. The summed E-state index contributed by atoms with van der Waals surface area (Å²) in [6, 6.07) is 2.22. The average molecular weight is 214 g/mol. The van der Waals surface area contributed by atoms with Crippen LogP contribution >= 0.6 is 0 Å². The van der Waals surface area contributed by atoms with E-state index in [9.17, 15) is 14.3 Å². The molecule has 0 bridgehead atoms. The SMILES string of the molecule is COc1c(O)cc(C(C)C(=O)O)cc1F. The van der Waals surface area contributed by atoms with Gasteiger partial charge in [-0.05, 0) is 24.6 Å². The van der Waals surface area contributed by atoms with Crippen molar-refractivity contribution in [2.75, 3.05) is 7.11 Å². The first kappa shape index (κ1) is 11.3. The predicted molar refractivity (Wildman–Crippen MR) is 50.7 cm³/mol. The second-order valence-corrected chi connectivity index (χ2v) is 3.12. The summed E-state index contributed by atoms with van der Waals surface area (Å²) in [7, 11) is 1.22. The lowest BCUT2D eigenvalue weighted by Gasteiger charge is -2.10. The van der Waals surface area contributed by atoms with Crippen molar-refractivity contribution < 1.29 is 24.1 Å². The van der Waals surface area contributed by atoms with E-state index < -0.39 is 23.5 Å². The number of methoxy groups -OCH3 is 1. The molecule has 0 saturated carbocycles. The van der Waals surface area contributed by atoms with Gasteiger partial charge in [-0.1, -0.05) is 0 Å². The number of rotatable bonds is 3. The van der Waals surface area contributed by atoms with Crippen molar-refractivity contribution in [3.8, 4) is 11.5 Å². The van der Waals surface area contributed by atoms with Crippen LogP contribution in [0.2, 0.25) is 0 Å². The Morgan fingerprint density at radius 1 is 1.53 bits per heavy atom. The van der Waals surface area contributed by atoms with Gasteiger partial charge in [-0.25, -0.2) is 4.39 Å². The summed E-state index contributed by atoms with van der Waals surface area (Å²) in [6.45, 7) is 1.41. The average Bonchev–Trinajstić information content (AvgIpc) is 2.15. The van der Waals surface area contributed by atoms with Crippen LogP contribution < -0.4 is 4.74 Å². The third-order valence-corrected chi connectivity index (χ3v) is 2.12. The van der Waals surface area contributed by atoms with E-state index in [1.165, 1.54) is 20.1 Å². The lowest BCUT2D eigenvalue weighted by atomic mass is 10.0. The number of phenols is 1. The Morgan fingerprint density at radius 3 is 2.53 bits per heavy atom. The van der Waals surface area contributed by atoms with Crippen LogP contribution in [0.25, 0.3) is 0 Å². The van der Waals surface area contributed by atoms with Crippen LogP contribution in [0.5, 0.6) is 11.5 Å². The first-order valence-electron chi connectivity index (χ1n) is 4.26. The molecule has 0 fully saturated rings. The number of aliphatic carboxylic acids is 1. The van der Waals surface area contributed by atoms with Crippen LogP contribution in [-0.2, 0) is 4.79 Å². The number of phenolic OH excluding ortho intramolecular Hbond substituents is 1. The fourth-order valence-corrected chi connectivity index (χ4v) is 1.19. The van der Waals surface area contributed by atoms with Gasteiger partial charge in [-0.15, -0.1) is 0 Å². The first-order valence-corrected chi connectivity index (χ1v) is 4.26. The number of aromatic hydroxyl groups is 1. The molecular formula is C10H11FO4. The number of ether oxygens (including phenoxy) is 1. The van der Waals surface area contributed by atoms with E-state index in [2.05, 4.69) is 4.74 Å². The van der Waals surface area contributed by atoms with Crippen LogP contribution in [0.1, 0.15) is 18.4 Å². The maximum Gasteiger partial charge on any atom is 0.310 e. The van der Waals surface area contributed by atoms with Crippen molar-refractivity contribution in [2.24, 2.45) is 0 Å². The molecule has 0 aliphatic heterocycles. The summed E-state index contributed by atoms with van der Waals surface area (Å²) < 4.78 is 17.9. The fraction of sp³-hybridized carbons (Fsp3) is 0.300. The number of hydrogen-bond donors (Lipinski definition) is 2. The summed E-state index contributed by atoms with van der Waals surface area (Å²) in [5, 5.41) is 18.1. The van der Waals surface area contributed by atoms with Crippen molar-refractivity contribution in [2.45, 2.75) is 12.8 Å². The minimum absolute atomic E-state index is 0.193. The summed E-state index contributed by atoms with van der Waals surface area (Å²) in [5.74, 6) is -3.42. The summed E-state index contributed by atoms with van der Waals surface area (Å²) in [6.07, 6.45) is 0. The van der Waals surface area contributed by atoms with E-state index in [1.54, 1.807) is 0 Å². The Balaban J connectivity index is 3.19. The molecule has 82 valence electrons. The monoisotopic (exact) mass is 214 g/mol. The highest BCUT2D eigenvalue weighted by Crippen LogP contribution is 2.32. The molecular weight excluding hydrogens is 203 g/mol. The third kappa shape index (κ3) is 2.18. The van der Waals surface area contributed by atoms with Gasteiger partial charge in [-0.2, -0.15) is 0 Å². The topological polar surface area (TPSA) is 66.8 Å². The Hall–Kier alpha value is -1.78. The fourth-order valence-electron chi connectivity index (χ4n) is 1.19. The van der Waals surface area contributed by atoms with Crippen LogP contribution in [0.15, 0.2) is 12.1 Å². The van der Waals surface area contributed by atoms with Gasteiger partial charge >= 0.3 is 5.97 Å². The van der Waals surface area contributed by atoms with Gasteiger partial charge in [0, 0.05) is 0 Å². The van der Waals surface area contributed by atoms with Crippen LogP contribution in [-0.4, -0.2) is 23.3 Å². The van der Waals surface area contributed by atoms with E-state index in [-0.39, 0.29) is 11.3 Å². The van der Waals surface area contributed by atoms with Crippen LogP contribution in [0, 0.1) is 5.82 Å². The minimum atomic E-state index is -1.08. The first-order chi connectivity index (χ1) is 6.97. The molecule has 1 aromatic rings.